The number of hydrogen-bond acceptors (Lipinski definition) is 3. The second kappa shape index (κ2) is 3.81. The Morgan fingerprint density at radius 3 is 3.13 bits per heavy atom. The highest BCUT2D eigenvalue weighted by atomic mass is 16.2. The normalized spacial score (nSPS) is 31.9. The molecule has 0 saturated carbocycles. The van der Waals surface area contributed by atoms with Crippen molar-refractivity contribution < 1.29 is 13.7 Å². The highest BCUT2D eigenvalue weighted by molar-refractivity contribution is 6.10. The molecule has 1 atom stereocenters. The minimum absolute atomic E-state index is 0.0695. The highest BCUT2D eigenvalue weighted by Gasteiger charge is 2.35. The number of pyridine rings is 1. The molecule has 2 rings (SSSR count). The predicted molar refractivity (Wildman–Crippen MR) is 54.3 cm³/mol. The first kappa shape index (κ1) is 6.71. The fraction of sp³-hybridized carbons (Fsp3) is 0.364. The van der Waals surface area contributed by atoms with E-state index in [1.165, 1.54) is 31.6 Å². The van der Waals surface area contributed by atoms with Gasteiger partial charge in [-0.05, 0) is 18.5 Å². The van der Waals surface area contributed by atoms with Crippen LogP contribution < -0.4 is 0 Å². The molecule has 1 amide bonds. The third kappa shape index (κ3) is 1.75. The molecule has 4 heteroatoms. The van der Waals surface area contributed by atoms with E-state index in [0.717, 1.165) is 4.90 Å². The van der Waals surface area contributed by atoms with Crippen molar-refractivity contribution in [3.05, 3.63) is 30.1 Å². The van der Waals surface area contributed by atoms with E-state index >= 15 is 0 Å². The third-order valence-corrected chi connectivity index (χ3v) is 2.20. The Labute approximate surface area is 92.1 Å². The lowest BCUT2D eigenvalue weighted by molar-refractivity contribution is -0.128. The van der Waals surface area contributed by atoms with Crippen LogP contribution in [0.5, 0.6) is 0 Å². The van der Waals surface area contributed by atoms with Gasteiger partial charge in [-0.15, -0.1) is 0 Å². The van der Waals surface area contributed by atoms with Crippen molar-refractivity contribution in [2.24, 2.45) is 5.89 Å². The highest BCUT2D eigenvalue weighted by Crippen LogP contribution is 2.20. The quantitative estimate of drug-likeness (QED) is 0.531. The summed E-state index contributed by atoms with van der Waals surface area (Å²) < 4.78 is 23.5. The summed E-state index contributed by atoms with van der Waals surface area (Å²) in [5.74, 6) is -4.10. The van der Waals surface area contributed by atoms with Gasteiger partial charge in [0.25, 0.3) is 0 Å². The summed E-state index contributed by atoms with van der Waals surface area (Å²) in [5.41, 5.74) is 0.0695. The zero-order valence-electron chi connectivity index (χ0n) is 11.2. The van der Waals surface area contributed by atoms with Crippen molar-refractivity contribution in [1.82, 2.24) is 9.88 Å². The van der Waals surface area contributed by atoms with E-state index < -0.39 is 24.0 Å². The van der Waals surface area contributed by atoms with E-state index in [0.29, 0.717) is 0 Å². The molecule has 0 aromatic carbocycles. The number of aromatic nitrogens is 1. The molecule has 1 fully saturated rings. The maximum absolute atomic E-state index is 12.2. The van der Waals surface area contributed by atoms with Crippen LogP contribution in [-0.2, 0) is 4.79 Å². The van der Waals surface area contributed by atoms with E-state index in [-0.39, 0.29) is 12.1 Å². The van der Waals surface area contributed by atoms with E-state index in [1.807, 2.05) is 0 Å². The van der Waals surface area contributed by atoms with Crippen molar-refractivity contribution in [3.8, 4) is 0 Å². The Hall–Kier alpha value is -1.71. The zero-order valence-corrected chi connectivity index (χ0v) is 8.23. The van der Waals surface area contributed by atoms with Gasteiger partial charge < -0.3 is 4.90 Å². The maximum atomic E-state index is 12.2. The SMILES string of the molecule is [2H]C1([2H])CN(C)C(=O)[C@]1([2H])C(=O)c1cccnc1. The van der Waals surface area contributed by atoms with Gasteiger partial charge in [-0.25, -0.2) is 0 Å². The van der Waals surface area contributed by atoms with Gasteiger partial charge in [0.2, 0.25) is 5.91 Å². The molecule has 78 valence electrons. The van der Waals surface area contributed by atoms with Crippen LogP contribution in [0.3, 0.4) is 0 Å². The molecule has 0 bridgehead atoms. The van der Waals surface area contributed by atoms with Crippen LogP contribution in [0.25, 0.3) is 0 Å². The molecule has 1 aromatic rings. The van der Waals surface area contributed by atoms with E-state index in [9.17, 15) is 9.59 Å². The summed E-state index contributed by atoms with van der Waals surface area (Å²) in [6.45, 7) is -0.263. The first-order valence-corrected chi connectivity index (χ1v) is 4.51. The lowest BCUT2D eigenvalue weighted by Gasteiger charge is -2.08. The van der Waals surface area contributed by atoms with E-state index in [2.05, 4.69) is 4.98 Å². The zero-order chi connectivity index (χ0) is 13.6. The third-order valence-electron chi connectivity index (χ3n) is 2.20. The summed E-state index contributed by atoms with van der Waals surface area (Å²) in [6, 6.07) is 2.93. The molecule has 1 aromatic heterocycles. The summed E-state index contributed by atoms with van der Waals surface area (Å²) in [6.07, 6.45) is 0.483. The number of Topliss-reactive ketones (excluding diaryl/α,β-unsaturated/α-hetero) is 1. The first-order valence-electron chi connectivity index (χ1n) is 6.01. The van der Waals surface area contributed by atoms with Crippen molar-refractivity contribution in [3.63, 3.8) is 0 Å². The number of amides is 1. The second-order valence-corrected chi connectivity index (χ2v) is 3.28. The molecule has 2 heterocycles. The summed E-state index contributed by atoms with van der Waals surface area (Å²) in [7, 11) is 1.38. The molecule has 0 aliphatic carbocycles. The van der Waals surface area contributed by atoms with Crippen LogP contribution in [0.2, 0.25) is 0 Å². The number of carbonyl (C=O) groups excluding carboxylic acids is 2. The molecular formula is C11H12N2O2. The fourth-order valence-electron chi connectivity index (χ4n) is 1.35. The van der Waals surface area contributed by atoms with Crippen LogP contribution in [-0.4, -0.2) is 35.2 Å². The van der Waals surface area contributed by atoms with Crippen LogP contribution in [0.15, 0.2) is 24.5 Å². The van der Waals surface area contributed by atoms with Gasteiger partial charge in [0.15, 0.2) is 5.78 Å². The molecule has 0 N–H and O–H groups in total. The fourth-order valence-corrected chi connectivity index (χ4v) is 1.35. The summed E-state index contributed by atoms with van der Waals surface area (Å²) in [5, 5.41) is 0. The topological polar surface area (TPSA) is 50.3 Å². The molecule has 1 aliphatic heterocycles. The van der Waals surface area contributed by atoms with Crippen molar-refractivity contribution in [1.29, 1.82) is 0 Å². The number of rotatable bonds is 2. The van der Waals surface area contributed by atoms with Crippen molar-refractivity contribution >= 4 is 11.7 Å². The largest absolute Gasteiger partial charge is 0.345 e. The lowest BCUT2D eigenvalue weighted by Crippen LogP contribution is -2.27. The number of likely N-dealkylation sites (tertiary alicyclic amines) is 1. The Kier molecular flexibility index (Phi) is 1.70. The number of nitrogens with zero attached hydrogens (tertiary/aromatic N) is 2. The van der Waals surface area contributed by atoms with Crippen LogP contribution in [0, 0.1) is 5.89 Å². The number of ketones is 1. The number of carbonyl (C=O) groups is 2. The molecule has 1 saturated heterocycles. The summed E-state index contributed by atoms with van der Waals surface area (Å²) in [4.78, 5) is 29.0. The standard InChI is InChI=1S/C11H12N2O2/c1-13-6-4-9(11(13)15)10(14)8-3-2-5-12-7-8/h2-3,5,7,9H,4,6H2,1H3/t9-/m0/s1/i4D2,9D. The average Bonchev–Trinajstić information content (AvgIpc) is 2.50. The minimum atomic E-state index is -2.43. The Morgan fingerprint density at radius 1 is 1.80 bits per heavy atom. The van der Waals surface area contributed by atoms with Gasteiger partial charge in [-0.2, -0.15) is 0 Å². The Bertz CT molecular complexity index is 506. The maximum Gasteiger partial charge on any atom is 0.233 e. The number of hydrogen-bond donors (Lipinski definition) is 0. The Morgan fingerprint density at radius 2 is 2.60 bits per heavy atom. The van der Waals surface area contributed by atoms with Gasteiger partial charge in [-0.3, -0.25) is 14.6 Å². The predicted octanol–water partition coefficient (Wildman–Crippen LogP) is 0.743. The van der Waals surface area contributed by atoms with Gasteiger partial charge in [0, 0.05) is 35.7 Å². The van der Waals surface area contributed by atoms with Crippen LogP contribution in [0.4, 0.5) is 0 Å². The monoisotopic (exact) mass is 207 g/mol. The smallest absolute Gasteiger partial charge is 0.233 e. The average molecular weight is 207 g/mol. The van der Waals surface area contributed by atoms with E-state index in [1.54, 1.807) is 0 Å². The summed E-state index contributed by atoms with van der Waals surface area (Å²) >= 11 is 0. The van der Waals surface area contributed by atoms with E-state index in [4.69, 9.17) is 4.11 Å². The molecule has 15 heavy (non-hydrogen) atoms. The van der Waals surface area contributed by atoms with Crippen molar-refractivity contribution in [2.45, 2.75) is 6.37 Å². The molecule has 4 nitrogen and oxygen atoms in total. The molecule has 1 aliphatic rings. The first-order chi connectivity index (χ1) is 8.30. The molecule has 0 radical (unpaired) electrons. The molecule has 0 spiro atoms. The van der Waals surface area contributed by atoms with Crippen LogP contribution >= 0.6 is 0 Å². The Balaban J connectivity index is 2.49. The van der Waals surface area contributed by atoms with Gasteiger partial charge in [-0.1, -0.05) is 0 Å². The minimum Gasteiger partial charge on any atom is -0.345 e. The molecule has 0 unspecified atom stereocenters. The lowest BCUT2D eigenvalue weighted by atomic mass is 9.97. The van der Waals surface area contributed by atoms with Crippen molar-refractivity contribution in [2.75, 3.05) is 13.6 Å². The molecular weight excluding hydrogens is 192 g/mol. The van der Waals surface area contributed by atoms with Gasteiger partial charge >= 0.3 is 0 Å². The second-order valence-electron chi connectivity index (χ2n) is 3.28. The van der Waals surface area contributed by atoms with Gasteiger partial charge in [0.05, 0.1) is 0 Å². The van der Waals surface area contributed by atoms with Gasteiger partial charge in [0.1, 0.15) is 5.89 Å². The van der Waals surface area contributed by atoms with Crippen LogP contribution in [0.1, 0.15) is 20.8 Å².